The van der Waals surface area contributed by atoms with E-state index in [1.807, 2.05) is 23.1 Å². The molecule has 0 bridgehead atoms. The SMILES string of the molecule is O=C1CCC(C(=O)N2CCc3sccc3C2)CN1Cc1ccccn1. The highest BCUT2D eigenvalue weighted by atomic mass is 32.1. The zero-order chi connectivity index (χ0) is 17.2. The van der Waals surface area contributed by atoms with Crippen LogP contribution in [-0.2, 0) is 29.1 Å². The molecule has 0 spiro atoms. The predicted octanol–water partition coefficient (Wildman–Crippen LogP) is 2.47. The van der Waals surface area contributed by atoms with Crippen LogP contribution in [-0.4, -0.2) is 39.7 Å². The number of hydrogen-bond acceptors (Lipinski definition) is 4. The number of thiophene rings is 1. The Morgan fingerprint density at radius 2 is 2.20 bits per heavy atom. The van der Waals surface area contributed by atoms with Crippen molar-refractivity contribution in [1.82, 2.24) is 14.8 Å². The van der Waals surface area contributed by atoms with Crippen LogP contribution in [0.1, 0.15) is 29.0 Å². The molecule has 0 saturated carbocycles. The number of nitrogens with zero attached hydrogens (tertiary/aromatic N) is 3. The number of likely N-dealkylation sites (tertiary alicyclic amines) is 1. The van der Waals surface area contributed by atoms with Crippen molar-refractivity contribution in [3.8, 4) is 0 Å². The summed E-state index contributed by atoms with van der Waals surface area (Å²) in [5.41, 5.74) is 2.15. The van der Waals surface area contributed by atoms with E-state index in [9.17, 15) is 9.59 Å². The maximum absolute atomic E-state index is 13.0. The highest BCUT2D eigenvalue weighted by molar-refractivity contribution is 7.10. The minimum absolute atomic E-state index is 0.0957. The van der Waals surface area contributed by atoms with Gasteiger partial charge in [0.2, 0.25) is 11.8 Å². The number of amides is 2. The lowest BCUT2D eigenvalue weighted by atomic mass is 9.94. The van der Waals surface area contributed by atoms with E-state index in [-0.39, 0.29) is 17.7 Å². The van der Waals surface area contributed by atoms with Crippen LogP contribution in [0.4, 0.5) is 0 Å². The third-order valence-electron chi connectivity index (χ3n) is 5.05. The summed E-state index contributed by atoms with van der Waals surface area (Å²) in [6, 6.07) is 7.83. The van der Waals surface area contributed by atoms with Crippen molar-refractivity contribution >= 4 is 23.2 Å². The van der Waals surface area contributed by atoms with E-state index in [0.29, 0.717) is 32.5 Å². The van der Waals surface area contributed by atoms with Crippen LogP contribution in [0.5, 0.6) is 0 Å². The van der Waals surface area contributed by atoms with Crippen molar-refractivity contribution in [2.24, 2.45) is 5.92 Å². The predicted molar refractivity (Wildman–Crippen MR) is 95.8 cm³/mol. The second-order valence-corrected chi connectivity index (χ2v) is 7.71. The third kappa shape index (κ3) is 3.44. The van der Waals surface area contributed by atoms with Crippen LogP contribution in [0.2, 0.25) is 0 Å². The molecule has 0 radical (unpaired) electrons. The molecule has 1 saturated heterocycles. The Bertz CT molecular complexity index is 774. The van der Waals surface area contributed by atoms with Gasteiger partial charge in [-0.1, -0.05) is 6.07 Å². The molecular weight excluding hydrogens is 334 g/mol. The molecule has 0 N–H and O–H groups in total. The van der Waals surface area contributed by atoms with Crippen molar-refractivity contribution in [3.63, 3.8) is 0 Å². The van der Waals surface area contributed by atoms with Crippen molar-refractivity contribution < 1.29 is 9.59 Å². The minimum Gasteiger partial charge on any atom is -0.338 e. The summed E-state index contributed by atoms with van der Waals surface area (Å²) in [5, 5.41) is 2.10. The van der Waals surface area contributed by atoms with Crippen molar-refractivity contribution in [2.75, 3.05) is 13.1 Å². The summed E-state index contributed by atoms with van der Waals surface area (Å²) in [5.74, 6) is 0.213. The second kappa shape index (κ2) is 6.96. The lowest BCUT2D eigenvalue weighted by Gasteiger charge is -2.36. The zero-order valence-electron chi connectivity index (χ0n) is 14.1. The van der Waals surface area contributed by atoms with Crippen LogP contribution in [0.15, 0.2) is 35.8 Å². The molecule has 1 fully saturated rings. The van der Waals surface area contributed by atoms with Crippen molar-refractivity contribution in [3.05, 3.63) is 52.0 Å². The van der Waals surface area contributed by atoms with Gasteiger partial charge in [-0.05, 0) is 42.0 Å². The molecule has 2 aliphatic heterocycles. The number of pyridine rings is 1. The van der Waals surface area contributed by atoms with Crippen molar-refractivity contribution in [2.45, 2.75) is 32.4 Å². The minimum atomic E-state index is -0.0957. The van der Waals surface area contributed by atoms with Gasteiger partial charge in [0, 0.05) is 37.1 Å². The first-order chi connectivity index (χ1) is 12.2. The summed E-state index contributed by atoms with van der Waals surface area (Å²) >= 11 is 1.78. The standard InChI is InChI=1S/C19H21N3O2S/c23-18-5-4-15(12-22(18)13-16-3-1-2-8-20-16)19(24)21-9-6-17-14(11-21)7-10-25-17/h1-3,7-8,10,15H,4-6,9,11-13H2. The molecule has 2 amide bonds. The first kappa shape index (κ1) is 16.3. The molecule has 1 unspecified atom stereocenters. The lowest BCUT2D eigenvalue weighted by molar-refractivity contribution is -0.144. The summed E-state index contributed by atoms with van der Waals surface area (Å²) < 4.78 is 0. The van der Waals surface area contributed by atoms with Gasteiger partial charge in [-0.2, -0.15) is 0 Å². The number of aromatic nitrogens is 1. The maximum atomic E-state index is 13.0. The molecule has 2 aliphatic rings. The van der Waals surface area contributed by atoms with Gasteiger partial charge in [0.15, 0.2) is 0 Å². The molecule has 1 atom stereocenters. The van der Waals surface area contributed by atoms with Gasteiger partial charge in [-0.25, -0.2) is 0 Å². The van der Waals surface area contributed by atoms with Gasteiger partial charge in [-0.3, -0.25) is 14.6 Å². The highest BCUT2D eigenvalue weighted by Crippen LogP contribution is 2.27. The van der Waals surface area contributed by atoms with Gasteiger partial charge in [-0.15, -0.1) is 11.3 Å². The first-order valence-corrected chi connectivity index (χ1v) is 9.60. The Balaban J connectivity index is 1.42. The summed E-state index contributed by atoms with van der Waals surface area (Å²) in [4.78, 5) is 34.7. The van der Waals surface area contributed by atoms with E-state index in [1.54, 1.807) is 22.4 Å². The average Bonchev–Trinajstić information content (AvgIpc) is 3.11. The zero-order valence-corrected chi connectivity index (χ0v) is 14.9. The van der Waals surface area contributed by atoms with Crippen LogP contribution >= 0.6 is 11.3 Å². The number of rotatable bonds is 3. The monoisotopic (exact) mass is 355 g/mol. The molecule has 4 rings (SSSR count). The Morgan fingerprint density at radius 3 is 3.04 bits per heavy atom. The number of hydrogen-bond donors (Lipinski definition) is 0. The quantitative estimate of drug-likeness (QED) is 0.850. The molecule has 2 aromatic rings. The fourth-order valence-electron chi connectivity index (χ4n) is 3.65. The molecule has 25 heavy (non-hydrogen) atoms. The van der Waals surface area contributed by atoms with E-state index in [0.717, 1.165) is 18.7 Å². The molecule has 130 valence electrons. The topological polar surface area (TPSA) is 53.5 Å². The fourth-order valence-corrected chi connectivity index (χ4v) is 4.54. The Morgan fingerprint density at radius 1 is 1.28 bits per heavy atom. The van der Waals surface area contributed by atoms with Crippen LogP contribution in [0.25, 0.3) is 0 Å². The Labute approximate surface area is 151 Å². The average molecular weight is 355 g/mol. The van der Waals surface area contributed by atoms with E-state index in [2.05, 4.69) is 16.4 Å². The lowest BCUT2D eigenvalue weighted by Crippen LogP contribution is -2.47. The largest absolute Gasteiger partial charge is 0.338 e. The van der Waals surface area contributed by atoms with E-state index in [4.69, 9.17) is 0 Å². The summed E-state index contributed by atoms with van der Waals surface area (Å²) in [6.07, 6.45) is 3.78. The van der Waals surface area contributed by atoms with E-state index < -0.39 is 0 Å². The second-order valence-electron chi connectivity index (χ2n) is 6.71. The molecule has 0 aromatic carbocycles. The number of fused-ring (bicyclic) bond motifs is 1. The van der Waals surface area contributed by atoms with Crippen LogP contribution in [0, 0.1) is 5.92 Å². The fraction of sp³-hybridized carbons (Fsp3) is 0.421. The van der Waals surface area contributed by atoms with Gasteiger partial charge in [0.05, 0.1) is 18.2 Å². The van der Waals surface area contributed by atoms with Gasteiger partial charge in [0.1, 0.15) is 0 Å². The molecule has 4 heterocycles. The normalized spacial score (nSPS) is 20.5. The summed E-state index contributed by atoms with van der Waals surface area (Å²) in [6.45, 7) is 2.48. The van der Waals surface area contributed by atoms with Gasteiger partial charge in [0.25, 0.3) is 0 Å². The number of carbonyl (C=O) groups is 2. The van der Waals surface area contributed by atoms with E-state index >= 15 is 0 Å². The summed E-state index contributed by atoms with van der Waals surface area (Å²) in [7, 11) is 0. The van der Waals surface area contributed by atoms with Crippen molar-refractivity contribution in [1.29, 1.82) is 0 Å². The molecule has 2 aromatic heterocycles. The molecule has 0 aliphatic carbocycles. The Kier molecular flexibility index (Phi) is 4.53. The van der Waals surface area contributed by atoms with Gasteiger partial charge < -0.3 is 9.80 Å². The third-order valence-corrected chi connectivity index (χ3v) is 6.07. The maximum Gasteiger partial charge on any atom is 0.227 e. The smallest absolute Gasteiger partial charge is 0.227 e. The van der Waals surface area contributed by atoms with E-state index in [1.165, 1.54) is 10.4 Å². The number of carbonyl (C=O) groups excluding carboxylic acids is 2. The van der Waals surface area contributed by atoms with Gasteiger partial charge >= 0.3 is 0 Å². The molecule has 5 nitrogen and oxygen atoms in total. The molecule has 6 heteroatoms. The number of piperidine rings is 1. The van der Waals surface area contributed by atoms with Crippen LogP contribution in [0.3, 0.4) is 0 Å². The highest BCUT2D eigenvalue weighted by Gasteiger charge is 2.34. The molecular formula is C19H21N3O2S. The Hall–Kier alpha value is -2.21. The van der Waals surface area contributed by atoms with Crippen LogP contribution < -0.4 is 0 Å². The first-order valence-electron chi connectivity index (χ1n) is 8.72.